The van der Waals surface area contributed by atoms with Gasteiger partial charge in [0.1, 0.15) is 0 Å². The molecule has 0 atom stereocenters. The van der Waals surface area contributed by atoms with Gasteiger partial charge in [-0.3, -0.25) is 0 Å². The average Bonchev–Trinajstić information content (AvgIpc) is 3.53. The van der Waals surface area contributed by atoms with Crippen molar-refractivity contribution in [3.8, 4) is 28.1 Å². The van der Waals surface area contributed by atoms with Gasteiger partial charge in [-0.15, -0.1) is 0 Å². The number of hydrogen-bond acceptors (Lipinski definition) is 1. The van der Waals surface area contributed by atoms with Gasteiger partial charge in [-0.2, -0.15) is 0 Å². The molecule has 0 fully saturated rings. The Labute approximate surface area is 373 Å². The minimum absolute atomic E-state index is 0.0131. The zero-order valence-electron chi connectivity index (χ0n) is 40.4. The molecule has 1 aromatic heterocycles. The Morgan fingerprint density at radius 1 is 0.403 bits per heavy atom. The largest absolute Gasteiger partial charge is 0.311 e. The van der Waals surface area contributed by atoms with Gasteiger partial charge in [0, 0.05) is 39.2 Å². The van der Waals surface area contributed by atoms with Gasteiger partial charge in [0.15, 0.2) is 0 Å². The van der Waals surface area contributed by atoms with Gasteiger partial charge in [-0.05, 0) is 131 Å². The Kier molecular flexibility index (Phi) is 9.40. The van der Waals surface area contributed by atoms with Crippen LogP contribution < -0.4 is 21.3 Å². The second-order valence-corrected chi connectivity index (χ2v) is 23.7. The summed E-state index contributed by atoms with van der Waals surface area (Å²) in [6.07, 6.45) is 0. The zero-order chi connectivity index (χ0) is 44.6. The van der Waals surface area contributed by atoms with Crippen molar-refractivity contribution >= 4 is 51.1 Å². The molecule has 0 saturated heterocycles. The van der Waals surface area contributed by atoms with Gasteiger partial charge in [-0.25, -0.2) is 0 Å². The Bertz CT molecular complexity index is 2890. The van der Waals surface area contributed by atoms with E-state index < -0.39 is 0 Å². The van der Waals surface area contributed by atoms with Crippen molar-refractivity contribution in [1.82, 2.24) is 4.57 Å². The Morgan fingerprint density at radius 2 is 0.855 bits per heavy atom. The van der Waals surface area contributed by atoms with Crippen LogP contribution >= 0.6 is 0 Å². The van der Waals surface area contributed by atoms with Crippen molar-refractivity contribution in [2.45, 2.75) is 138 Å². The number of anilines is 3. The molecular formula is C59H67BN2. The van der Waals surface area contributed by atoms with E-state index in [1.54, 1.807) is 0 Å². The molecule has 0 N–H and O–H groups in total. The van der Waals surface area contributed by atoms with E-state index in [-0.39, 0.29) is 33.8 Å². The second-order valence-electron chi connectivity index (χ2n) is 23.7. The summed E-state index contributed by atoms with van der Waals surface area (Å²) in [6, 6.07) is 45.8. The van der Waals surface area contributed by atoms with E-state index in [0.29, 0.717) is 0 Å². The normalized spacial score (nSPS) is 14.1. The summed E-state index contributed by atoms with van der Waals surface area (Å²) in [7, 11) is 0. The summed E-state index contributed by atoms with van der Waals surface area (Å²) in [6.45, 7) is 37.3. The zero-order valence-corrected chi connectivity index (χ0v) is 40.4. The first-order chi connectivity index (χ1) is 28.8. The molecule has 0 saturated carbocycles. The fraction of sp³-hybridized carbons (Fsp3) is 0.356. The topological polar surface area (TPSA) is 8.17 Å². The van der Waals surface area contributed by atoms with E-state index in [0.717, 1.165) is 0 Å². The lowest BCUT2D eigenvalue weighted by Gasteiger charge is -2.41. The van der Waals surface area contributed by atoms with Crippen molar-refractivity contribution < 1.29 is 0 Å². The molecule has 0 spiro atoms. The first kappa shape index (κ1) is 42.0. The maximum atomic E-state index is 2.68. The number of aromatic nitrogens is 1. The van der Waals surface area contributed by atoms with E-state index >= 15 is 0 Å². The van der Waals surface area contributed by atoms with Crippen LogP contribution in [0.1, 0.15) is 137 Å². The Hall–Kier alpha value is -5.28. The Balaban J connectivity index is 1.46. The summed E-state index contributed by atoms with van der Waals surface area (Å²) < 4.78 is 2.68. The third kappa shape index (κ3) is 6.86. The van der Waals surface area contributed by atoms with E-state index in [1.165, 1.54) is 106 Å². The van der Waals surface area contributed by atoms with Crippen LogP contribution in [-0.2, 0) is 27.1 Å². The predicted molar refractivity (Wildman–Crippen MR) is 272 cm³/mol. The van der Waals surface area contributed by atoms with Gasteiger partial charge in [0.25, 0.3) is 6.71 Å². The molecule has 0 unspecified atom stereocenters. The van der Waals surface area contributed by atoms with Crippen LogP contribution in [0.4, 0.5) is 17.1 Å². The van der Waals surface area contributed by atoms with Crippen LogP contribution in [-0.4, -0.2) is 11.3 Å². The molecule has 9 rings (SSSR count). The van der Waals surface area contributed by atoms with Gasteiger partial charge in [0.05, 0.1) is 5.69 Å². The minimum Gasteiger partial charge on any atom is -0.311 e. The number of hydrogen-bond donors (Lipinski definition) is 0. The predicted octanol–water partition coefficient (Wildman–Crippen LogP) is 14.4. The highest BCUT2D eigenvalue weighted by atomic mass is 15.2. The highest BCUT2D eigenvalue weighted by Crippen LogP contribution is 2.48. The third-order valence-electron chi connectivity index (χ3n) is 13.8. The molecule has 0 bridgehead atoms. The standard InChI is InChI=1S/C59H67BN2/c1-36-31-49-52-50(32-36)62-53(38-19-23-40(24-20-38)56(5,6)7)51(37-17-21-39(22-18-37)55(2,3)4)45-33-43(59(14,15)16)35-47(54(45)62)60(52)46-34-42(58(11,12)13)27-30-48(46)61(49)44-28-25-41(26-29-44)57(8,9)10/h17-35H,1-16H3. The smallest absolute Gasteiger partial charge is 0.252 e. The molecule has 6 aromatic carbocycles. The van der Waals surface area contributed by atoms with Crippen LogP contribution in [0.25, 0.3) is 39.0 Å². The Morgan fingerprint density at radius 3 is 1.37 bits per heavy atom. The molecule has 3 heterocycles. The van der Waals surface area contributed by atoms with Crippen LogP contribution in [0, 0.1) is 6.92 Å². The van der Waals surface area contributed by atoms with Crippen LogP contribution in [0.15, 0.2) is 115 Å². The molecule has 2 aliphatic heterocycles. The maximum absolute atomic E-state index is 2.68. The quantitative estimate of drug-likeness (QED) is 0.161. The number of nitrogens with zero attached hydrogens (tertiary/aromatic N) is 2. The van der Waals surface area contributed by atoms with E-state index in [2.05, 4.69) is 236 Å². The molecule has 2 nitrogen and oxygen atoms in total. The highest BCUT2D eigenvalue weighted by Gasteiger charge is 2.44. The fourth-order valence-electron chi connectivity index (χ4n) is 10.1. The summed E-state index contributed by atoms with van der Waals surface area (Å²) >= 11 is 0. The SMILES string of the molecule is Cc1cc2c3c(c1)-n1c(-c4ccc(C(C)(C)C)cc4)c(-c4ccc(C(C)(C)C)cc4)c4cc(C(C)(C)C)cc(c41)B3c1cc(C(C)(C)C)ccc1N2c1ccc(C(C)(C)C)cc1. The van der Waals surface area contributed by atoms with Crippen molar-refractivity contribution in [3.05, 3.63) is 149 Å². The van der Waals surface area contributed by atoms with Crippen LogP contribution in [0.5, 0.6) is 0 Å². The van der Waals surface area contributed by atoms with Crippen molar-refractivity contribution in [2.75, 3.05) is 4.90 Å². The van der Waals surface area contributed by atoms with Crippen LogP contribution in [0.3, 0.4) is 0 Å². The highest BCUT2D eigenvalue weighted by molar-refractivity contribution is 7.00. The molecule has 316 valence electrons. The lowest BCUT2D eigenvalue weighted by molar-refractivity contribution is 0.590. The van der Waals surface area contributed by atoms with Crippen LogP contribution in [0.2, 0.25) is 0 Å². The number of rotatable bonds is 3. The maximum Gasteiger partial charge on any atom is 0.252 e. The molecule has 0 radical (unpaired) electrons. The molecule has 62 heavy (non-hydrogen) atoms. The van der Waals surface area contributed by atoms with Gasteiger partial charge < -0.3 is 9.47 Å². The number of aryl methyl sites for hydroxylation is 1. The first-order valence-corrected chi connectivity index (χ1v) is 23.0. The molecular weight excluding hydrogens is 747 g/mol. The molecule has 0 aliphatic carbocycles. The lowest BCUT2D eigenvalue weighted by atomic mass is 9.33. The van der Waals surface area contributed by atoms with Crippen molar-refractivity contribution in [2.24, 2.45) is 0 Å². The van der Waals surface area contributed by atoms with E-state index in [4.69, 9.17) is 0 Å². The van der Waals surface area contributed by atoms with Gasteiger partial charge in [0.2, 0.25) is 0 Å². The monoisotopic (exact) mass is 815 g/mol. The molecule has 7 aromatic rings. The lowest BCUT2D eigenvalue weighted by Crippen LogP contribution is -2.61. The van der Waals surface area contributed by atoms with Gasteiger partial charge in [-0.1, -0.05) is 183 Å². The molecule has 0 amide bonds. The number of fused-ring (bicyclic) bond motifs is 4. The van der Waals surface area contributed by atoms with E-state index in [9.17, 15) is 0 Å². The van der Waals surface area contributed by atoms with Gasteiger partial charge >= 0.3 is 0 Å². The summed E-state index contributed by atoms with van der Waals surface area (Å²) in [4.78, 5) is 2.57. The fourth-order valence-corrected chi connectivity index (χ4v) is 10.1. The second kappa shape index (κ2) is 13.9. The minimum atomic E-state index is -0.0728. The van der Waals surface area contributed by atoms with Crippen molar-refractivity contribution in [3.63, 3.8) is 0 Å². The summed E-state index contributed by atoms with van der Waals surface area (Å²) in [5.74, 6) is 0. The average molecular weight is 815 g/mol. The van der Waals surface area contributed by atoms with E-state index in [1.807, 2.05) is 0 Å². The van der Waals surface area contributed by atoms with Crippen molar-refractivity contribution in [1.29, 1.82) is 0 Å². The number of benzene rings is 6. The summed E-state index contributed by atoms with van der Waals surface area (Å²) in [5, 5.41) is 1.33. The molecule has 2 aliphatic rings. The summed E-state index contributed by atoms with van der Waals surface area (Å²) in [5.41, 5.74) is 23.6. The molecule has 3 heteroatoms. The third-order valence-corrected chi connectivity index (χ3v) is 13.8. The first-order valence-electron chi connectivity index (χ1n) is 23.0.